The number of fused-ring (bicyclic) bond motifs is 2. The summed E-state index contributed by atoms with van der Waals surface area (Å²) in [6, 6.07) is 4.54. The Morgan fingerprint density at radius 1 is 0.976 bits per heavy atom. The molecule has 0 aliphatic carbocycles. The van der Waals surface area contributed by atoms with E-state index < -0.39 is 48.4 Å². The molecule has 13 nitrogen and oxygen atoms in total. The number of benzene rings is 1. The first-order chi connectivity index (χ1) is 20.0. The fraction of sp³-hybridized carbons (Fsp3) is 0.621. The first-order valence-corrected chi connectivity index (χ1v) is 14.4. The molecule has 0 aromatic heterocycles. The quantitative estimate of drug-likeness (QED) is 0.264. The number of aliphatic hydroxyl groups excluding tert-OH is 2. The Hall–Kier alpha value is -3.71. The number of nitrogens with one attached hydrogen (secondary N) is 4. The fourth-order valence-corrected chi connectivity index (χ4v) is 4.45. The number of hydrogen-bond donors (Lipinski definition) is 6. The highest BCUT2D eigenvalue weighted by molar-refractivity contribution is 5.92. The normalized spacial score (nSPS) is 21.6. The number of carbonyl (C=O) groups is 5. The molecule has 2 rings (SSSR count). The number of carbonyl (C=O) groups excluding carboxylic acids is 5. The largest absolute Gasteiger partial charge is 0.484 e. The molecule has 13 heteroatoms. The number of hydrogen-bond acceptors (Lipinski definition) is 8. The van der Waals surface area contributed by atoms with Gasteiger partial charge in [0.15, 0.2) is 6.61 Å². The number of ether oxygens (including phenoxy) is 1. The SMILES string of the molecule is CC(C)C[C@H]1NC(=O)Cc2cccc(c2)OCC(=O)NCCCN(C(=O)CO)CCCCNC(=O)[C@H]([C@@H](C)O)NC1=O. The van der Waals surface area contributed by atoms with Crippen molar-refractivity contribution < 1.29 is 38.9 Å². The highest BCUT2D eigenvalue weighted by atomic mass is 16.5. The van der Waals surface area contributed by atoms with Crippen LogP contribution in [0.3, 0.4) is 0 Å². The Balaban J connectivity index is 2.21. The first-order valence-electron chi connectivity index (χ1n) is 14.4. The second kappa shape index (κ2) is 18.0. The van der Waals surface area contributed by atoms with Gasteiger partial charge >= 0.3 is 0 Å². The lowest BCUT2D eigenvalue weighted by Crippen LogP contribution is -2.57. The van der Waals surface area contributed by atoms with Crippen LogP contribution in [-0.2, 0) is 30.4 Å². The van der Waals surface area contributed by atoms with E-state index in [9.17, 15) is 34.2 Å². The lowest BCUT2D eigenvalue weighted by molar-refractivity contribution is -0.134. The van der Waals surface area contributed by atoms with Crippen LogP contribution in [0.2, 0.25) is 0 Å². The zero-order valence-corrected chi connectivity index (χ0v) is 24.7. The summed E-state index contributed by atoms with van der Waals surface area (Å²) >= 11 is 0. The maximum Gasteiger partial charge on any atom is 0.257 e. The molecule has 1 heterocycles. The van der Waals surface area contributed by atoms with Gasteiger partial charge in [0.05, 0.1) is 12.5 Å². The molecule has 0 spiro atoms. The van der Waals surface area contributed by atoms with E-state index in [0.717, 1.165) is 0 Å². The van der Waals surface area contributed by atoms with E-state index in [2.05, 4.69) is 21.3 Å². The predicted octanol–water partition coefficient (Wildman–Crippen LogP) is -0.758. The molecule has 6 N–H and O–H groups in total. The molecule has 0 saturated heterocycles. The highest BCUT2D eigenvalue weighted by Gasteiger charge is 2.30. The van der Waals surface area contributed by atoms with Gasteiger partial charge in [0.25, 0.3) is 5.91 Å². The summed E-state index contributed by atoms with van der Waals surface area (Å²) in [5.74, 6) is -1.91. The molecule has 2 bridgehead atoms. The molecule has 1 aromatic carbocycles. The van der Waals surface area contributed by atoms with Gasteiger partial charge in [-0.25, -0.2) is 0 Å². The van der Waals surface area contributed by atoms with Crippen LogP contribution in [-0.4, -0.2) is 102 Å². The van der Waals surface area contributed by atoms with Crippen molar-refractivity contribution in [2.24, 2.45) is 5.92 Å². The Kier molecular flexibility index (Phi) is 14.7. The molecule has 0 radical (unpaired) electrons. The van der Waals surface area contributed by atoms with Gasteiger partial charge in [-0.2, -0.15) is 0 Å². The van der Waals surface area contributed by atoms with Gasteiger partial charge in [-0.3, -0.25) is 24.0 Å². The molecule has 0 unspecified atom stereocenters. The summed E-state index contributed by atoms with van der Waals surface area (Å²) < 4.78 is 5.58. The molecule has 5 amide bonds. The number of nitrogens with zero attached hydrogens (tertiary/aromatic N) is 1. The van der Waals surface area contributed by atoms with Crippen molar-refractivity contribution in [3.63, 3.8) is 0 Å². The number of rotatable bonds is 4. The van der Waals surface area contributed by atoms with E-state index in [1.807, 2.05) is 13.8 Å². The van der Waals surface area contributed by atoms with E-state index in [0.29, 0.717) is 56.6 Å². The van der Waals surface area contributed by atoms with Crippen LogP contribution >= 0.6 is 0 Å². The molecule has 1 aliphatic rings. The van der Waals surface area contributed by atoms with E-state index >= 15 is 0 Å². The second-order valence-corrected chi connectivity index (χ2v) is 10.8. The topological polar surface area (TPSA) is 186 Å². The Morgan fingerprint density at radius 2 is 1.69 bits per heavy atom. The van der Waals surface area contributed by atoms with Gasteiger partial charge in [-0.05, 0) is 56.2 Å². The molecule has 0 saturated carbocycles. The van der Waals surface area contributed by atoms with Crippen LogP contribution in [0.4, 0.5) is 0 Å². The molecule has 0 fully saturated rings. The third kappa shape index (κ3) is 12.4. The summed E-state index contributed by atoms with van der Waals surface area (Å²) in [7, 11) is 0. The summed E-state index contributed by atoms with van der Waals surface area (Å²) in [5.41, 5.74) is 0.610. The monoisotopic (exact) mass is 591 g/mol. The minimum Gasteiger partial charge on any atom is -0.484 e. The van der Waals surface area contributed by atoms with Gasteiger partial charge in [0.1, 0.15) is 24.4 Å². The lowest BCUT2D eigenvalue weighted by Gasteiger charge is -2.26. The zero-order valence-electron chi connectivity index (χ0n) is 24.7. The van der Waals surface area contributed by atoms with Crippen molar-refractivity contribution in [2.45, 2.75) is 71.1 Å². The average Bonchev–Trinajstić information content (AvgIpc) is 2.93. The Bertz CT molecular complexity index is 1060. The van der Waals surface area contributed by atoms with Crippen molar-refractivity contribution in [1.82, 2.24) is 26.2 Å². The van der Waals surface area contributed by atoms with Crippen LogP contribution < -0.4 is 26.0 Å². The molecule has 1 aliphatic heterocycles. The molecular weight excluding hydrogens is 546 g/mol. The first kappa shape index (κ1) is 34.5. The third-order valence-corrected chi connectivity index (χ3v) is 6.62. The minimum atomic E-state index is -1.23. The van der Waals surface area contributed by atoms with Crippen molar-refractivity contribution in [3.05, 3.63) is 29.8 Å². The van der Waals surface area contributed by atoms with Crippen molar-refractivity contribution in [3.8, 4) is 5.75 Å². The van der Waals surface area contributed by atoms with E-state index in [1.54, 1.807) is 24.3 Å². The lowest BCUT2D eigenvalue weighted by atomic mass is 10.0. The number of amides is 5. The Morgan fingerprint density at radius 3 is 2.38 bits per heavy atom. The maximum absolute atomic E-state index is 13.2. The summed E-state index contributed by atoms with van der Waals surface area (Å²) in [6.45, 7) is 5.53. The van der Waals surface area contributed by atoms with Gasteiger partial charge in [0.2, 0.25) is 23.6 Å². The second-order valence-electron chi connectivity index (χ2n) is 10.8. The van der Waals surface area contributed by atoms with Crippen molar-refractivity contribution in [1.29, 1.82) is 0 Å². The summed E-state index contributed by atoms with van der Waals surface area (Å²) in [4.78, 5) is 64.8. The highest BCUT2D eigenvalue weighted by Crippen LogP contribution is 2.14. The predicted molar refractivity (Wildman–Crippen MR) is 154 cm³/mol. The van der Waals surface area contributed by atoms with Gasteiger partial charge in [-0.1, -0.05) is 26.0 Å². The smallest absolute Gasteiger partial charge is 0.257 e. The summed E-state index contributed by atoms with van der Waals surface area (Å²) in [5, 5.41) is 30.3. The minimum absolute atomic E-state index is 0.0470. The Labute approximate surface area is 246 Å². The van der Waals surface area contributed by atoms with Crippen LogP contribution in [0.15, 0.2) is 24.3 Å². The summed E-state index contributed by atoms with van der Waals surface area (Å²) in [6.07, 6.45) is 0.568. The van der Waals surface area contributed by atoms with E-state index in [-0.39, 0.29) is 31.4 Å². The molecule has 42 heavy (non-hydrogen) atoms. The van der Waals surface area contributed by atoms with Gasteiger partial charge in [-0.15, -0.1) is 0 Å². The van der Waals surface area contributed by atoms with Crippen LogP contribution in [0.5, 0.6) is 5.75 Å². The molecule has 3 atom stereocenters. The van der Waals surface area contributed by atoms with Gasteiger partial charge in [0, 0.05) is 26.2 Å². The van der Waals surface area contributed by atoms with Crippen LogP contribution in [0.1, 0.15) is 52.0 Å². The van der Waals surface area contributed by atoms with E-state index in [1.165, 1.54) is 11.8 Å². The molecule has 1 aromatic rings. The fourth-order valence-electron chi connectivity index (χ4n) is 4.45. The van der Waals surface area contributed by atoms with Crippen molar-refractivity contribution >= 4 is 29.5 Å². The van der Waals surface area contributed by atoms with Crippen molar-refractivity contribution in [2.75, 3.05) is 39.4 Å². The van der Waals surface area contributed by atoms with Crippen LogP contribution in [0, 0.1) is 5.92 Å². The maximum atomic E-state index is 13.2. The van der Waals surface area contributed by atoms with Gasteiger partial charge < -0.3 is 41.1 Å². The van der Waals surface area contributed by atoms with Crippen LogP contribution in [0.25, 0.3) is 0 Å². The average molecular weight is 592 g/mol. The number of aliphatic hydroxyl groups is 2. The standard InChI is InChI=1S/C29H45N5O8/c1-19(2)14-23-28(40)33-27(20(3)36)29(41)31-10-4-5-12-34(26(39)17-35)13-7-11-30-25(38)18-42-22-9-6-8-21(15-22)16-24(37)32-23/h6,8-9,15,19-20,23,27,35-36H,4-5,7,10-14,16-18H2,1-3H3,(H,30,38)(H,31,41)(H,32,37)(H,33,40)/t20-,23-,27+/m1/s1. The van der Waals surface area contributed by atoms with E-state index in [4.69, 9.17) is 4.74 Å². The zero-order chi connectivity index (χ0) is 31.1. The molecular formula is C29H45N5O8. The molecule has 234 valence electrons. The third-order valence-electron chi connectivity index (χ3n) is 6.62.